The first kappa shape index (κ1) is 20.3. The van der Waals surface area contributed by atoms with Crippen LogP contribution in [0.4, 0.5) is 0 Å². The van der Waals surface area contributed by atoms with Crippen molar-refractivity contribution in [2.45, 2.75) is 34.6 Å². The smallest absolute Gasteiger partial charge is 0 e. The van der Waals surface area contributed by atoms with Gasteiger partial charge in [0.1, 0.15) is 0 Å². The van der Waals surface area contributed by atoms with Crippen molar-refractivity contribution in [3.05, 3.63) is 81.0 Å². The van der Waals surface area contributed by atoms with Gasteiger partial charge < -0.3 is 0 Å². The minimum absolute atomic E-state index is 0. The van der Waals surface area contributed by atoms with E-state index in [9.17, 15) is 0 Å². The summed E-state index contributed by atoms with van der Waals surface area (Å²) in [5, 5.41) is 0. The molecule has 14 radical (unpaired) electrons. The predicted octanol–water partition coefficient (Wildman–Crippen LogP) is 4.61. The molecule has 2 saturated carbocycles. The summed E-state index contributed by atoms with van der Waals surface area (Å²) in [5.74, 6) is 7.34. The Morgan fingerprint density at radius 1 is 0.368 bits per heavy atom. The van der Waals surface area contributed by atoms with E-state index in [-0.39, 0.29) is 38.6 Å². The SMILES string of the molecule is C[C]1[C](C)[C](C)[C](C)[C]1C.[CH]1[CH][CH][CH][CH][CH][CH][CH]1.[Tb]. The Hall–Kier alpha value is 1.29. The molecule has 0 unspecified atom stereocenters. The molecule has 2 aliphatic rings. The Morgan fingerprint density at radius 3 is 0.579 bits per heavy atom. The van der Waals surface area contributed by atoms with Crippen LogP contribution >= 0.6 is 0 Å². The summed E-state index contributed by atoms with van der Waals surface area (Å²) in [6.45, 7) is 11.0. The molecule has 0 heterocycles. The van der Waals surface area contributed by atoms with E-state index in [0.717, 1.165) is 0 Å². The van der Waals surface area contributed by atoms with Gasteiger partial charge in [0.15, 0.2) is 0 Å². The zero-order valence-electron chi connectivity index (χ0n) is 12.5. The molecule has 0 nitrogen and oxygen atoms in total. The van der Waals surface area contributed by atoms with Crippen molar-refractivity contribution in [3.8, 4) is 0 Å². The summed E-state index contributed by atoms with van der Waals surface area (Å²) in [7, 11) is 0. The molecule has 0 amide bonds. The van der Waals surface area contributed by atoms with Crippen molar-refractivity contribution >= 4 is 0 Å². The van der Waals surface area contributed by atoms with Gasteiger partial charge in [-0.25, -0.2) is 0 Å². The van der Waals surface area contributed by atoms with Crippen LogP contribution in [0.3, 0.4) is 0 Å². The van der Waals surface area contributed by atoms with E-state index < -0.39 is 0 Å². The van der Waals surface area contributed by atoms with Gasteiger partial charge in [0.2, 0.25) is 0 Å². The molecule has 104 valence electrons. The third kappa shape index (κ3) is 6.72. The first-order valence-corrected chi connectivity index (χ1v) is 6.42. The minimum Gasteiger partial charge on any atom is -0.0579 e. The van der Waals surface area contributed by atoms with Gasteiger partial charge >= 0.3 is 0 Å². The van der Waals surface area contributed by atoms with Gasteiger partial charge in [-0.2, -0.15) is 0 Å². The molecule has 0 spiro atoms. The standard InChI is InChI=1S/C10H15.C8H8.Tb/c1-6-7(2)9(4)10(5)8(6)3;1-2-4-6-8-7-5-3-1;/h1-5H3;1-8H;. The van der Waals surface area contributed by atoms with Crippen LogP contribution in [0.1, 0.15) is 34.6 Å². The fourth-order valence-electron chi connectivity index (χ4n) is 1.92. The molecule has 0 bridgehead atoms. The van der Waals surface area contributed by atoms with E-state index in [4.69, 9.17) is 0 Å². The maximum absolute atomic E-state index is 2.20. The fourth-order valence-corrected chi connectivity index (χ4v) is 1.92. The molecule has 2 fully saturated rings. The molecule has 0 aromatic heterocycles. The van der Waals surface area contributed by atoms with E-state index in [1.165, 1.54) is 29.6 Å². The Labute approximate surface area is 153 Å². The van der Waals surface area contributed by atoms with Gasteiger partial charge in [-0.05, 0) is 81.0 Å². The van der Waals surface area contributed by atoms with Gasteiger partial charge in [0.25, 0.3) is 0 Å². The van der Waals surface area contributed by atoms with E-state index in [2.05, 4.69) is 34.6 Å². The maximum Gasteiger partial charge on any atom is 0 e. The average molecular weight is 398 g/mol. The van der Waals surface area contributed by atoms with Crippen molar-refractivity contribution in [2.75, 3.05) is 0 Å². The minimum atomic E-state index is 0. The molecule has 2 aliphatic carbocycles. The zero-order valence-corrected chi connectivity index (χ0v) is 14.6. The molecule has 0 N–H and O–H groups in total. The number of hydrogen-bond acceptors (Lipinski definition) is 0. The van der Waals surface area contributed by atoms with E-state index in [1.807, 2.05) is 51.4 Å². The van der Waals surface area contributed by atoms with Crippen molar-refractivity contribution in [1.82, 2.24) is 0 Å². The average Bonchev–Trinajstić information content (AvgIpc) is 2.48. The van der Waals surface area contributed by atoms with Gasteiger partial charge in [-0.3, -0.25) is 0 Å². The van der Waals surface area contributed by atoms with Crippen LogP contribution in [0, 0.1) is 120 Å². The first-order valence-electron chi connectivity index (χ1n) is 6.42. The van der Waals surface area contributed by atoms with Crippen LogP contribution in [0.5, 0.6) is 0 Å². The van der Waals surface area contributed by atoms with Crippen LogP contribution in [-0.4, -0.2) is 0 Å². The molecule has 0 saturated heterocycles. The molecule has 0 aromatic rings. The topological polar surface area (TPSA) is 0 Å². The Kier molecular flexibility index (Phi) is 11.7. The third-order valence-electron chi connectivity index (χ3n) is 3.70. The quantitative estimate of drug-likeness (QED) is 0.559. The molecule has 0 aromatic carbocycles. The Morgan fingerprint density at radius 2 is 0.474 bits per heavy atom. The van der Waals surface area contributed by atoms with Crippen molar-refractivity contribution in [1.29, 1.82) is 0 Å². The number of hydrogen-bond donors (Lipinski definition) is 0. The van der Waals surface area contributed by atoms with E-state index >= 15 is 0 Å². The van der Waals surface area contributed by atoms with Crippen molar-refractivity contribution < 1.29 is 38.6 Å². The predicted molar refractivity (Wildman–Crippen MR) is 79.0 cm³/mol. The normalized spacial score (nSPS) is 25.1. The second-order valence-corrected chi connectivity index (χ2v) is 4.66. The van der Waals surface area contributed by atoms with Crippen molar-refractivity contribution in [2.24, 2.45) is 0 Å². The van der Waals surface area contributed by atoms with Crippen LogP contribution in [0.25, 0.3) is 0 Å². The zero-order chi connectivity index (χ0) is 13.5. The molecule has 1 heteroatoms. The Balaban J connectivity index is 0.000000331. The third-order valence-corrected chi connectivity index (χ3v) is 3.70. The monoisotopic (exact) mass is 398 g/mol. The molecule has 0 aliphatic heterocycles. The second kappa shape index (κ2) is 10.9. The largest absolute Gasteiger partial charge is 0.0579 e. The molecule has 0 atom stereocenters. The van der Waals surface area contributed by atoms with Gasteiger partial charge in [0, 0.05) is 38.6 Å². The van der Waals surface area contributed by atoms with Crippen LogP contribution in [0.2, 0.25) is 0 Å². The van der Waals surface area contributed by atoms with Gasteiger partial charge in [0.05, 0.1) is 0 Å². The van der Waals surface area contributed by atoms with Crippen molar-refractivity contribution in [3.63, 3.8) is 0 Å². The molecule has 2 rings (SSSR count). The van der Waals surface area contributed by atoms with E-state index in [0.29, 0.717) is 0 Å². The van der Waals surface area contributed by atoms with Gasteiger partial charge in [-0.15, -0.1) is 0 Å². The summed E-state index contributed by atoms with van der Waals surface area (Å²) < 4.78 is 0. The van der Waals surface area contributed by atoms with Crippen LogP contribution in [0.15, 0.2) is 0 Å². The second-order valence-electron chi connectivity index (χ2n) is 4.66. The summed E-state index contributed by atoms with van der Waals surface area (Å²) in [5.41, 5.74) is 0. The van der Waals surface area contributed by atoms with Crippen LogP contribution in [-0.2, 0) is 0 Å². The summed E-state index contributed by atoms with van der Waals surface area (Å²) >= 11 is 0. The molecular formula is C18H23Tb. The number of rotatable bonds is 0. The van der Waals surface area contributed by atoms with E-state index in [1.54, 1.807) is 0 Å². The maximum atomic E-state index is 2.20. The molecular weight excluding hydrogens is 375 g/mol. The molecule has 19 heavy (non-hydrogen) atoms. The van der Waals surface area contributed by atoms with Crippen LogP contribution < -0.4 is 0 Å². The van der Waals surface area contributed by atoms with Gasteiger partial charge in [-0.1, -0.05) is 34.6 Å². The Bertz CT molecular complexity index is 145. The summed E-state index contributed by atoms with van der Waals surface area (Å²) in [6.07, 6.45) is 16.0. The summed E-state index contributed by atoms with van der Waals surface area (Å²) in [4.78, 5) is 0. The summed E-state index contributed by atoms with van der Waals surface area (Å²) in [6, 6.07) is 0. The first-order chi connectivity index (χ1) is 8.55. The fraction of sp³-hybridized carbons (Fsp3) is 0.278.